The van der Waals surface area contributed by atoms with E-state index in [1.807, 2.05) is 47.2 Å². The number of ether oxygens (including phenoxy) is 1. The minimum Gasteiger partial charge on any atom is -0.495 e. The first-order chi connectivity index (χ1) is 10.2. The molecule has 0 atom stereocenters. The van der Waals surface area contributed by atoms with Crippen molar-refractivity contribution >= 4 is 11.6 Å². The van der Waals surface area contributed by atoms with E-state index >= 15 is 0 Å². The minimum absolute atomic E-state index is 0.0755. The molecular weight excluding hydrogens is 266 g/mol. The maximum Gasteiger partial charge on any atom is 0.244 e. The molecule has 0 bridgehead atoms. The van der Waals surface area contributed by atoms with Gasteiger partial charge in [0.15, 0.2) is 0 Å². The van der Waals surface area contributed by atoms with Crippen LogP contribution in [0.25, 0.3) is 0 Å². The SMILES string of the molecule is CCNCc1cccn1CC(=O)Nc1ccccc1OC. The Labute approximate surface area is 124 Å². The van der Waals surface area contributed by atoms with E-state index in [9.17, 15) is 4.79 Å². The summed E-state index contributed by atoms with van der Waals surface area (Å²) in [5.74, 6) is 0.583. The van der Waals surface area contributed by atoms with Crippen LogP contribution in [0.1, 0.15) is 12.6 Å². The number of para-hydroxylation sites is 2. The molecule has 2 rings (SSSR count). The molecule has 21 heavy (non-hydrogen) atoms. The van der Waals surface area contributed by atoms with Crippen molar-refractivity contribution < 1.29 is 9.53 Å². The van der Waals surface area contributed by atoms with Crippen molar-refractivity contribution in [3.8, 4) is 5.75 Å². The second-order valence-electron chi connectivity index (χ2n) is 4.66. The number of amides is 1. The van der Waals surface area contributed by atoms with Crippen LogP contribution in [0.2, 0.25) is 0 Å². The quantitative estimate of drug-likeness (QED) is 0.821. The molecule has 5 heteroatoms. The van der Waals surface area contributed by atoms with Gasteiger partial charge in [0.05, 0.1) is 12.8 Å². The van der Waals surface area contributed by atoms with Gasteiger partial charge < -0.3 is 19.9 Å². The van der Waals surface area contributed by atoms with Crippen molar-refractivity contribution in [3.05, 3.63) is 48.3 Å². The summed E-state index contributed by atoms with van der Waals surface area (Å²) in [5, 5.41) is 6.14. The molecule has 1 heterocycles. The molecule has 0 aliphatic rings. The van der Waals surface area contributed by atoms with E-state index in [2.05, 4.69) is 17.6 Å². The van der Waals surface area contributed by atoms with E-state index in [-0.39, 0.29) is 12.5 Å². The van der Waals surface area contributed by atoms with Gasteiger partial charge in [-0.3, -0.25) is 4.79 Å². The number of anilines is 1. The molecule has 0 radical (unpaired) electrons. The Hall–Kier alpha value is -2.27. The second kappa shape index (κ2) is 7.50. The van der Waals surface area contributed by atoms with E-state index in [1.54, 1.807) is 7.11 Å². The van der Waals surface area contributed by atoms with Gasteiger partial charge in [0.1, 0.15) is 12.3 Å². The maximum absolute atomic E-state index is 12.2. The van der Waals surface area contributed by atoms with Crippen molar-refractivity contribution in [1.82, 2.24) is 9.88 Å². The van der Waals surface area contributed by atoms with Crippen molar-refractivity contribution in [2.45, 2.75) is 20.0 Å². The van der Waals surface area contributed by atoms with Crippen LogP contribution in [0.5, 0.6) is 5.75 Å². The van der Waals surface area contributed by atoms with Crippen molar-refractivity contribution in [3.63, 3.8) is 0 Å². The van der Waals surface area contributed by atoms with Crippen LogP contribution in [0.3, 0.4) is 0 Å². The fraction of sp³-hybridized carbons (Fsp3) is 0.312. The van der Waals surface area contributed by atoms with Crippen LogP contribution in [0.15, 0.2) is 42.6 Å². The molecule has 0 aliphatic heterocycles. The van der Waals surface area contributed by atoms with Gasteiger partial charge in [0.2, 0.25) is 5.91 Å². The summed E-state index contributed by atoms with van der Waals surface area (Å²) in [4.78, 5) is 12.2. The number of benzene rings is 1. The summed E-state index contributed by atoms with van der Waals surface area (Å²) in [6.45, 7) is 4.00. The van der Waals surface area contributed by atoms with Crippen LogP contribution >= 0.6 is 0 Å². The fourth-order valence-electron chi connectivity index (χ4n) is 2.11. The summed E-state index contributed by atoms with van der Waals surface area (Å²) in [6.07, 6.45) is 1.91. The minimum atomic E-state index is -0.0755. The smallest absolute Gasteiger partial charge is 0.244 e. The average molecular weight is 287 g/mol. The third-order valence-corrected chi connectivity index (χ3v) is 3.17. The highest BCUT2D eigenvalue weighted by Crippen LogP contribution is 2.22. The van der Waals surface area contributed by atoms with Crippen LogP contribution < -0.4 is 15.4 Å². The molecule has 0 fully saturated rings. The summed E-state index contributed by atoms with van der Waals surface area (Å²) in [6, 6.07) is 11.3. The Morgan fingerprint density at radius 2 is 2.05 bits per heavy atom. The lowest BCUT2D eigenvalue weighted by Crippen LogP contribution is -2.22. The van der Waals surface area contributed by atoms with Gasteiger partial charge >= 0.3 is 0 Å². The fourth-order valence-corrected chi connectivity index (χ4v) is 2.11. The number of hydrogen-bond donors (Lipinski definition) is 2. The van der Waals surface area contributed by atoms with Gasteiger partial charge in [-0.1, -0.05) is 19.1 Å². The summed E-state index contributed by atoms with van der Waals surface area (Å²) in [5.41, 5.74) is 1.78. The lowest BCUT2D eigenvalue weighted by molar-refractivity contribution is -0.116. The number of methoxy groups -OCH3 is 1. The Balaban J connectivity index is 2.00. The first-order valence-electron chi connectivity index (χ1n) is 7.02. The van der Waals surface area contributed by atoms with Crippen molar-refractivity contribution in [1.29, 1.82) is 0 Å². The molecule has 0 saturated carbocycles. The van der Waals surface area contributed by atoms with Crippen molar-refractivity contribution in [2.75, 3.05) is 19.0 Å². The highest BCUT2D eigenvalue weighted by molar-refractivity contribution is 5.92. The van der Waals surface area contributed by atoms with Gasteiger partial charge in [-0.05, 0) is 30.8 Å². The number of nitrogens with zero attached hydrogens (tertiary/aromatic N) is 1. The number of carbonyl (C=O) groups is 1. The molecule has 0 spiro atoms. The number of hydrogen-bond acceptors (Lipinski definition) is 3. The van der Waals surface area contributed by atoms with E-state index in [0.717, 1.165) is 18.8 Å². The molecule has 0 saturated heterocycles. The summed E-state index contributed by atoms with van der Waals surface area (Å²) >= 11 is 0. The summed E-state index contributed by atoms with van der Waals surface area (Å²) in [7, 11) is 1.59. The predicted molar refractivity (Wildman–Crippen MR) is 83.4 cm³/mol. The average Bonchev–Trinajstić information content (AvgIpc) is 2.92. The highest BCUT2D eigenvalue weighted by Gasteiger charge is 2.09. The molecule has 0 aliphatic carbocycles. The first kappa shape index (κ1) is 15.1. The zero-order chi connectivity index (χ0) is 15.1. The van der Waals surface area contributed by atoms with E-state index < -0.39 is 0 Å². The molecule has 112 valence electrons. The van der Waals surface area contributed by atoms with Crippen LogP contribution in [-0.2, 0) is 17.9 Å². The standard InChI is InChI=1S/C16H21N3O2/c1-3-17-11-13-7-6-10-19(13)12-16(20)18-14-8-4-5-9-15(14)21-2/h4-10,17H,3,11-12H2,1-2H3,(H,18,20). The van der Waals surface area contributed by atoms with Gasteiger partial charge in [0.25, 0.3) is 0 Å². The Morgan fingerprint density at radius 3 is 2.81 bits per heavy atom. The molecular formula is C16H21N3O2. The molecule has 0 unspecified atom stereocenters. The lowest BCUT2D eigenvalue weighted by atomic mass is 10.3. The zero-order valence-corrected chi connectivity index (χ0v) is 12.4. The van der Waals surface area contributed by atoms with Crippen LogP contribution in [-0.4, -0.2) is 24.1 Å². The van der Waals surface area contributed by atoms with E-state index in [0.29, 0.717) is 11.4 Å². The van der Waals surface area contributed by atoms with E-state index in [1.165, 1.54) is 0 Å². The monoisotopic (exact) mass is 287 g/mol. The Kier molecular flexibility index (Phi) is 5.40. The summed E-state index contributed by atoms with van der Waals surface area (Å²) < 4.78 is 7.16. The number of nitrogens with one attached hydrogen (secondary N) is 2. The van der Waals surface area contributed by atoms with Crippen LogP contribution in [0, 0.1) is 0 Å². The number of rotatable bonds is 7. The number of carbonyl (C=O) groups excluding carboxylic acids is 1. The second-order valence-corrected chi connectivity index (χ2v) is 4.66. The van der Waals surface area contributed by atoms with E-state index in [4.69, 9.17) is 4.74 Å². The van der Waals surface area contributed by atoms with Gasteiger partial charge in [-0.15, -0.1) is 0 Å². The molecule has 2 N–H and O–H groups in total. The third-order valence-electron chi connectivity index (χ3n) is 3.17. The zero-order valence-electron chi connectivity index (χ0n) is 12.4. The van der Waals surface area contributed by atoms with Gasteiger partial charge in [0, 0.05) is 18.4 Å². The Bertz CT molecular complexity index is 593. The molecule has 1 aromatic heterocycles. The molecule has 1 aromatic carbocycles. The van der Waals surface area contributed by atoms with Crippen LogP contribution in [0.4, 0.5) is 5.69 Å². The highest BCUT2D eigenvalue weighted by atomic mass is 16.5. The van der Waals surface area contributed by atoms with Crippen molar-refractivity contribution in [2.24, 2.45) is 0 Å². The Morgan fingerprint density at radius 1 is 1.24 bits per heavy atom. The first-order valence-corrected chi connectivity index (χ1v) is 7.02. The predicted octanol–water partition coefficient (Wildman–Crippen LogP) is 2.24. The van der Waals surface area contributed by atoms with Gasteiger partial charge in [-0.2, -0.15) is 0 Å². The lowest BCUT2D eigenvalue weighted by Gasteiger charge is -2.12. The largest absolute Gasteiger partial charge is 0.495 e. The third kappa shape index (κ3) is 4.10. The normalized spacial score (nSPS) is 10.4. The molecule has 5 nitrogen and oxygen atoms in total. The molecule has 1 amide bonds. The van der Waals surface area contributed by atoms with Gasteiger partial charge in [-0.25, -0.2) is 0 Å². The maximum atomic E-state index is 12.2. The topological polar surface area (TPSA) is 55.3 Å². The molecule has 2 aromatic rings. The number of aromatic nitrogens is 1.